The topological polar surface area (TPSA) is 55.1 Å². The molecule has 3 N–H and O–H groups in total. The molecule has 2 aromatic carbocycles. The summed E-state index contributed by atoms with van der Waals surface area (Å²) in [6.07, 6.45) is 0.402. The summed E-state index contributed by atoms with van der Waals surface area (Å²) in [5.41, 5.74) is 7.61. The molecule has 0 heterocycles. The Bertz CT molecular complexity index is 641. The first-order chi connectivity index (χ1) is 9.56. The Balaban J connectivity index is 2.20. The van der Waals surface area contributed by atoms with Crippen molar-refractivity contribution in [3.63, 3.8) is 0 Å². The Labute approximate surface area is 127 Å². The van der Waals surface area contributed by atoms with Gasteiger partial charge >= 0.3 is 0 Å². The molecule has 0 aliphatic carbocycles. The molecule has 5 heteroatoms. The Hall–Kier alpha value is -1.91. The maximum absolute atomic E-state index is 12.3. The summed E-state index contributed by atoms with van der Waals surface area (Å²) >= 11 is 10.7. The van der Waals surface area contributed by atoms with Crippen molar-refractivity contribution in [3.8, 4) is 0 Å². The number of anilines is 1. The van der Waals surface area contributed by atoms with Gasteiger partial charge < -0.3 is 11.1 Å². The monoisotopic (exact) mass is 304 g/mol. The summed E-state index contributed by atoms with van der Waals surface area (Å²) in [5.74, 6) is -0.195. The maximum Gasteiger partial charge on any atom is 0.255 e. The van der Waals surface area contributed by atoms with Crippen molar-refractivity contribution < 1.29 is 4.79 Å². The maximum atomic E-state index is 12.3. The van der Waals surface area contributed by atoms with Crippen LogP contribution in [0.2, 0.25) is 5.02 Å². The van der Waals surface area contributed by atoms with Gasteiger partial charge in [-0.05, 0) is 35.9 Å². The predicted molar refractivity (Wildman–Crippen MR) is 86.3 cm³/mol. The summed E-state index contributed by atoms with van der Waals surface area (Å²) in [7, 11) is 0. The third-order valence-electron chi connectivity index (χ3n) is 2.73. The third kappa shape index (κ3) is 3.79. The van der Waals surface area contributed by atoms with E-state index in [1.807, 2.05) is 12.1 Å². The van der Waals surface area contributed by atoms with Gasteiger partial charge in [0.2, 0.25) is 0 Å². The van der Waals surface area contributed by atoms with Crippen LogP contribution in [0.15, 0.2) is 48.5 Å². The zero-order valence-electron chi connectivity index (χ0n) is 10.6. The molecule has 0 aliphatic heterocycles. The van der Waals surface area contributed by atoms with Crippen molar-refractivity contribution >= 4 is 40.4 Å². The van der Waals surface area contributed by atoms with Gasteiger partial charge in [-0.15, -0.1) is 0 Å². The molecule has 0 unspecified atom stereocenters. The Morgan fingerprint density at radius 3 is 2.45 bits per heavy atom. The van der Waals surface area contributed by atoms with Crippen LogP contribution in [0.3, 0.4) is 0 Å². The molecule has 0 saturated carbocycles. The van der Waals surface area contributed by atoms with Crippen LogP contribution >= 0.6 is 23.8 Å². The number of benzene rings is 2. The predicted octanol–water partition coefficient (Wildman–Crippen LogP) is 3.42. The molecule has 3 nitrogen and oxygen atoms in total. The normalized spacial score (nSPS) is 10.1. The number of nitrogens with two attached hydrogens (primary N) is 1. The molecule has 2 aromatic rings. The van der Waals surface area contributed by atoms with E-state index >= 15 is 0 Å². The molecule has 0 atom stereocenters. The average molecular weight is 305 g/mol. The van der Waals surface area contributed by atoms with Crippen LogP contribution < -0.4 is 11.1 Å². The van der Waals surface area contributed by atoms with E-state index < -0.39 is 0 Å². The zero-order chi connectivity index (χ0) is 14.5. The Morgan fingerprint density at radius 1 is 1.15 bits per heavy atom. The molecule has 102 valence electrons. The highest BCUT2D eigenvalue weighted by Gasteiger charge is 2.11. The highest BCUT2D eigenvalue weighted by Crippen LogP contribution is 2.16. The zero-order valence-corrected chi connectivity index (χ0v) is 12.2. The molecule has 2 rings (SSSR count). The lowest BCUT2D eigenvalue weighted by molar-refractivity contribution is 0.102. The second-order valence-electron chi connectivity index (χ2n) is 4.26. The van der Waals surface area contributed by atoms with Gasteiger partial charge in [-0.3, -0.25) is 4.79 Å². The number of halogens is 1. The molecule has 1 amide bonds. The first-order valence-corrected chi connectivity index (χ1v) is 6.78. The Kier molecular flexibility index (Phi) is 4.71. The number of amides is 1. The van der Waals surface area contributed by atoms with Crippen molar-refractivity contribution in [2.75, 3.05) is 5.32 Å². The first kappa shape index (κ1) is 14.5. The van der Waals surface area contributed by atoms with Crippen molar-refractivity contribution in [2.45, 2.75) is 6.42 Å². The second-order valence-corrected chi connectivity index (χ2v) is 5.22. The SMILES string of the molecule is NC(=S)Cc1ccccc1C(=O)Nc1ccc(Cl)cc1. The number of hydrogen-bond donors (Lipinski definition) is 2. The number of carbonyl (C=O) groups is 1. The minimum absolute atomic E-state index is 0.195. The van der Waals surface area contributed by atoms with Gasteiger partial charge in [0.15, 0.2) is 0 Å². The summed E-state index contributed by atoms with van der Waals surface area (Å²) in [4.78, 5) is 12.6. The van der Waals surface area contributed by atoms with Gasteiger partial charge in [-0.2, -0.15) is 0 Å². The van der Waals surface area contributed by atoms with Crippen LogP contribution in [-0.2, 0) is 6.42 Å². The lowest BCUT2D eigenvalue weighted by atomic mass is 10.0. The molecular weight excluding hydrogens is 292 g/mol. The second kappa shape index (κ2) is 6.50. The minimum Gasteiger partial charge on any atom is -0.393 e. The van der Waals surface area contributed by atoms with Crippen LogP contribution in [0.1, 0.15) is 15.9 Å². The average Bonchev–Trinajstić information content (AvgIpc) is 2.41. The van der Waals surface area contributed by atoms with Gasteiger partial charge in [0.05, 0.1) is 4.99 Å². The molecule has 20 heavy (non-hydrogen) atoms. The van der Waals surface area contributed by atoms with E-state index in [0.717, 1.165) is 5.56 Å². The van der Waals surface area contributed by atoms with E-state index in [2.05, 4.69) is 5.32 Å². The van der Waals surface area contributed by atoms with Crippen LogP contribution in [-0.4, -0.2) is 10.9 Å². The molecule has 0 saturated heterocycles. The fourth-order valence-electron chi connectivity index (χ4n) is 1.82. The quantitative estimate of drug-likeness (QED) is 0.851. The van der Waals surface area contributed by atoms with E-state index in [1.54, 1.807) is 36.4 Å². The molecule has 0 spiro atoms. The fourth-order valence-corrected chi connectivity index (χ4v) is 2.10. The molecule has 0 aromatic heterocycles. The molecule has 0 bridgehead atoms. The number of rotatable bonds is 4. The first-order valence-electron chi connectivity index (χ1n) is 5.99. The van der Waals surface area contributed by atoms with Crippen molar-refractivity contribution in [1.29, 1.82) is 0 Å². The van der Waals surface area contributed by atoms with Crippen molar-refractivity contribution in [2.24, 2.45) is 5.73 Å². The van der Waals surface area contributed by atoms with Crippen molar-refractivity contribution in [3.05, 3.63) is 64.7 Å². The highest BCUT2D eigenvalue weighted by atomic mass is 35.5. The van der Waals surface area contributed by atoms with Crippen LogP contribution in [0.4, 0.5) is 5.69 Å². The fraction of sp³-hybridized carbons (Fsp3) is 0.0667. The van der Waals surface area contributed by atoms with Crippen molar-refractivity contribution in [1.82, 2.24) is 0 Å². The van der Waals surface area contributed by atoms with Gasteiger partial charge in [0.1, 0.15) is 0 Å². The van der Waals surface area contributed by atoms with Gasteiger partial charge in [-0.25, -0.2) is 0 Å². The number of thiocarbonyl (C=S) groups is 1. The summed E-state index contributed by atoms with van der Waals surface area (Å²) < 4.78 is 0. The van der Waals surface area contributed by atoms with E-state index in [9.17, 15) is 4.79 Å². The van der Waals surface area contributed by atoms with Crippen LogP contribution in [0.25, 0.3) is 0 Å². The lowest BCUT2D eigenvalue weighted by Gasteiger charge is -2.09. The highest BCUT2D eigenvalue weighted by molar-refractivity contribution is 7.80. The Morgan fingerprint density at radius 2 is 1.80 bits per heavy atom. The number of nitrogens with one attached hydrogen (secondary N) is 1. The van der Waals surface area contributed by atoms with Crippen LogP contribution in [0.5, 0.6) is 0 Å². The van der Waals surface area contributed by atoms with E-state index in [4.69, 9.17) is 29.6 Å². The molecule has 0 radical (unpaired) electrons. The standard InChI is InChI=1S/C15H13ClN2OS/c16-11-5-7-12(8-6-11)18-15(19)13-4-2-1-3-10(13)9-14(17)20/h1-8H,9H2,(H2,17,20)(H,18,19). The van der Waals surface area contributed by atoms with Gasteiger partial charge in [-0.1, -0.05) is 42.0 Å². The minimum atomic E-state index is -0.195. The summed E-state index contributed by atoms with van der Waals surface area (Å²) in [6.45, 7) is 0. The summed E-state index contributed by atoms with van der Waals surface area (Å²) in [5, 5.41) is 3.44. The van der Waals surface area contributed by atoms with Gasteiger partial charge in [0.25, 0.3) is 5.91 Å². The third-order valence-corrected chi connectivity index (χ3v) is 3.13. The van der Waals surface area contributed by atoms with Gasteiger partial charge in [0, 0.05) is 22.7 Å². The smallest absolute Gasteiger partial charge is 0.255 e. The van der Waals surface area contributed by atoms with E-state index in [0.29, 0.717) is 27.7 Å². The largest absolute Gasteiger partial charge is 0.393 e. The molecule has 0 aliphatic rings. The van der Waals surface area contributed by atoms with Crippen LogP contribution in [0, 0.1) is 0 Å². The molecule has 0 fully saturated rings. The molecular formula is C15H13ClN2OS. The number of carbonyl (C=O) groups excluding carboxylic acids is 1. The van der Waals surface area contributed by atoms with E-state index in [-0.39, 0.29) is 5.91 Å². The van der Waals surface area contributed by atoms with E-state index in [1.165, 1.54) is 0 Å². The lowest BCUT2D eigenvalue weighted by Crippen LogP contribution is -2.18. The summed E-state index contributed by atoms with van der Waals surface area (Å²) in [6, 6.07) is 14.2. The number of hydrogen-bond acceptors (Lipinski definition) is 2.